The lowest BCUT2D eigenvalue weighted by Gasteiger charge is -2.29. The molecule has 0 amide bonds. The van der Waals surface area contributed by atoms with Crippen LogP contribution in [0.15, 0.2) is 18.2 Å². The number of benzene rings is 1. The quantitative estimate of drug-likeness (QED) is 0.925. The van der Waals surface area contributed by atoms with Crippen LogP contribution in [-0.2, 0) is 0 Å². The Bertz CT molecular complexity index is 372. The number of nitrogens with zero attached hydrogens (tertiary/aromatic N) is 1. The topological polar surface area (TPSA) is 32.7 Å². The lowest BCUT2D eigenvalue weighted by atomic mass is 10.1. The van der Waals surface area contributed by atoms with E-state index in [0.717, 1.165) is 32.5 Å². The molecule has 1 N–H and O–H groups in total. The van der Waals surface area contributed by atoms with Gasteiger partial charge >= 0.3 is 0 Å². The Balaban J connectivity index is 1.74. The number of likely N-dealkylation sites (tertiary alicyclic amines) is 1. The van der Waals surface area contributed by atoms with Crippen LogP contribution in [0.1, 0.15) is 12.8 Å². The molecule has 2 rings (SSSR count). The van der Waals surface area contributed by atoms with Crippen molar-refractivity contribution in [2.45, 2.75) is 18.9 Å². The minimum atomic E-state index is -0.131. The highest BCUT2D eigenvalue weighted by atomic mass is 35.5. The van der Waals surface area contributed by atoms with E-state index >= 15 is 0 Å². The fourth-order valence-corrected chi connectivity index (χ4v) is 2.55. The van der Waals surface area contributed by atoms with E-state index < -0.39 is 0 Å². The molecule has 18 heavy (non-hydrogen) atoms. The van der Waals surface area contributed by atoms with E-state index in [1.807, 2.05) is 0 Å². The van der Waals surface area contributed by atoms with Gasteiger partial charge < -0.3 is 9.84 Å². The average molecular weight is 290 g/mol. The third kappa shape index (κ3) is 4.32. The number of aliphatic hydroxyl groups excluding tert-OH is 1. The summed E-state index contributed by atoms with van der Waals surface area (Å²) in [5.41, 5.74) is 0. The number of rotatable bonds is 4. The van der Waals surface area contributed by atoms with Crippen molar-refractivity contribution >= 4 is 23.2 Å². The standard InChI is InChI=1S/C13H17Cl2NO2/c14-10-7-11(15)9-13(8-10)18-6-5-16-3-1-12(17)2-4-16/h7-9,12,17H,1-6H2. The molecule has 1 aromatic carbocycles. The smallest absolute Gasteiger partial charge is 0.122 e. The molecule has 0 atom stereocenters. The lowest BCUT2D eigenvalue weighted by Crippen LogP contribution is -2.38. The summed E-state index contributed by atoms with van der Waals surface area (Å²) >= 11 is 11.8. The predicted octanol–water partition coefficient (Wildman–Crippen LogP) is 2.83. The van der Waals surface area contributed by atoms with Gasteiger partial charge in [-0.1, -0.05) is 23.2 Å². The Kier molecular flexibility index (Phi) is 5.13. The van der Waals surface area contributed by atoms with Crippen LogP contribution >= 0.6 is 23.2 Å². The molecular weight excluding hydrogens is 273 g/mol. The summed E-state index contributed by atoms with van der Waals surface area (Å²) in [4.78, 5) is 2.29. The van der Waals surface area contributed by atoms with E-state index in [1.54, 1.807) is 18.2 Å². The van der Waals surface area contributed by atoms with E-state index in [9.17, 15) is 5.11 Å². The summed E-state index contributed by atoms with van der Waals surface area (Å²) < 4.78 is 5.62. The maximum atomic E-state index is 9.40. The van der Waals surface area contributed by atoms with Crippen LogP contribution in [0.4, 0.5) is 0 Å². The molecule has 1 aliphatic rings. The number of halogens is 2. The molecule has 0 unspecified atom stereocenters. The van der Waals surface area contributed by atoms with Gasteiger partial charge in [0.2, 0.25) is 0 Å². The van der Waals surface area contributed by atoms with E-state index in [-0.39, 0.29) is 6.10 Å². The van der Waals surface area contributed by atoms with Crippen LogP contribution in [0.2, 0.25) is 10.0 Å². The number of aliphatic hydroxyl groups is 1. The van der Waals surface area contributed by atoms with Crippen molar-refractivity contribution in [3.05, 3.63) is 28.2 Å². The molecular formula is C13H17Cl2NO2. The second-order valence-corrected chi connectivity index (χ2v) is 5.40. The number of hydrogen-bond acceptors (Lipinski definition) is 3. The van der Waals surface area contributed by atoms with Crippen LogP contribution in [0.3, 0.4) is 0 Å². The van der Waals surface area contributed by atoms with E-state index in [0.29, 0.717) is 22.4 Å². The molecule has 0 aliphatic carbocycles. The van der Waals surface area contributed by atoms with Gasteiger partial charge in [0.15, 0.2) is 0 Å². The lowest BCUT2D eigenvalue weighted by molar-refractivity contribution is 0.0755. The van der Waals surface area contributed by atoms with Crippen LogP contribution in [0, 0.1) is 0 Å². The molecule has 1 fully saturated rings. The molecule has 1 aromatic rings. The van der Waals surface area contributed by atoms with Gasteiger partial charge in [-0.2, -0.15) is 0 Å². The molecule has 0 spiro atoms. The summed E-state index contributed by atoms with van der Waals surface area (Å²) in [6.07, 6.45) is 1.57. The molecule has 100 valence electrons. The molecule has 1 heterocycles. The van der Waals surface area contributed by atoms with Gasteiger partial charge in [-0.05, 0) is 31.0 Å². The highest BCUT2D eigenvalue weighted by Gasteiger charge is 2.16. The van der Waals surface area contributed by atoms with Crippen molar-refractivity contribution < 1.29 is 9.84 Å². The SMILES string of the molecule is OC1CCN(CCOc2cc(Cl)cc(Cl)c2)CC1. The molecule has 0 saturated carbocycles. The van der Waals surface area contributed by atoms with Gasteiger partial charge in [0, 0.05) is 29.7 Å². The predicted molar refractivity (Wildman–Crippen MR) is 73.6 cm³/mol. The van der Waals surface area contributed by atoms with E-state index in [2.05, 4.69) is 4.90 Å². The maximum absolute atomic E-state index is 9.40. The van der Waals surface area contributed by atoms with Crippen molar-refractivity contribution in [1.82, 2.24) is 4.90 Å². The molecule has 3 nitrogen and oxygen atoms in total. The molecule has 1 aliphatic heterocycles. The molecule has 5 heteroatoms. The highest BCUT2D eigenvalue weighted by Crippen LogP contribution is 2.24. The van der Waals surface area contributed by atoms with Crippen LogP contribution in [0.5, 0.6) is 5.75 Å². The number of ether oxygens (including phenoxy) is 1. The third-order valence-corrected chi connectivity index (χ3v) is 3.51. The average Bonchev–Trinajstić information content (AvgIpc) is 2.30. The summed E-state index contributed by atoms with van der Waals surface area (Å²) in [5, 5.41) is 10.6. The fourth-order valence-electron chi connectivity index (χ4n) is 2.05. The molecule has 0 bridgehead atoms. The van der Waals surface area contributed by atoms with Gasteiger partial charge in [-0.3, -0.25) is 4.90 Å². The van der Waals surface area contributed by atoms with E-state index in [4.69, 9.17) is 27.9 Å². The third-order valence-electron chi connectivity index (χ3n) is 3.07. The van der Waals surface area contributed by atoms with Crippen LogP contribution in [0.25, 0.3) is 0 Å². The van der Waals surface area contributed by atoms with Gasteiger partial charge in [0.05, 0.1) is 6.10 Å². The fraction of sp³-hybridized carbons (Fsp3) is 0.538. The number of hydrogen-bond donors (Lipinski definition) is 1. The highest BCUT2D eigenvalue weighted by molar-refractivity contribution is 6.34. The van der Waals surface area contributed by atoms with Crippen molar-refractivity contribution in [2.24, 2.45) is 0 Å². The summed E-state index contributed by atoms with van der Waals surface area (Å²) in [6.45, 7) is 3.32. The first-order chi connectivity index (χ1) is 8.63. The largest absolute Gasteiger partial charge is 0.492 e. The maximum Gasteiger partial charge on any atom is 0.122 e. The van der Waals surface area contributed by atoms with Crippen LogP contribution < -0.4 is 4.74 Å². The molecule has 0 aromatic heterocycles. The van der Waals surface area contributed by atoms with Crippen LogP contribution in [-0.4, -0.2) is 42.4 Å². The van der Waals surface area contributed by atoms with Gasteiger partial charge in [0.1, 0.15) is 12.4 Å². The Hall–Kier alpha value is -0.480. The zero-order valence-electron chi connectivity index (χ0n) is 10.1. The summed E-state index contributed by atoms with van der Waals surface area (Å²) in [7, 11) is 0. The Morgan fingerprint density at radius 3 is 2.39 bits per heavy atom. The van der Waals surface area contributed by atoms with Crippen molar-refractivity contribution in [3.63, 3.8) is 0 Å². The summed E-state index contributed by atoms with van der Waals surface area (Å²) in [5.74, 6) is 0.699. The Morgan fingerprint density at radius 1 is 1.17 bits per heavy atom. The first-order valence-corrected chi connectivity index (χ1v) is 6.88. The van der Waals surface area contributed by atoms with Gasteiger partial charge in [0.25, 0.3) is 0 Å². The second kappa shape index (κ2) is 6.62. The van der Waals surface area contributed by atoms with E-state index in [1.165, 1.54) is 0 Å². The van der Waals surface area contributed by atoms with Crippen molar-refractivity contribution in [3.8, 4) is 5.75 Å². The number of piperidine rings is 1. The first kappa shape index (κ1) is 13.9. The van der Waals surface area contributed by atoms with Crippen molar-refractivity contribution in [1.29, 1.82) is 0 Å². The zero-order valence-corrected chi connectivity index (χ0v) is 11.6. The minimum Gasteiger partial charge on any atom is -0.492 e. The van der Waals surface area contributed by atoms with Gasteiger partial charge in [-0.25, -0.2) is 0 Å². The second-order valence-electron chi connectivity index (χ2n) is 4.53. The normalized spacial score (nSPS) is 17.9. The minimum absolute atomic E-state index is 0.131. The van der Waals surface area contributed by atoms with Gasteiger partial charge in [-0.15, -0.1) is 0 Å². The van der Waals surface area contributed by atoms with Crippen molar-refractivity contribution in [2.75, 3.05) is 26.2 Å². The monoisotopic (exact) mass is 289 g/mol. The molecule has 1 saturated heterocycles. The first-order valence-electron chi connectivity index (χ1n) is 6.13. The molecule has 0 radical (unpaired) electrons. The Morgan fingerprint density at radius 2 is 1.78 bits per heavy atom. The zero-order chi connectivity index (χ0) is 13.0. The Labute approximate surface area is 117 Å². The summed E-state index contributed by atoms with van der Waals surface area (Å²) in [6, 6.07) is 5.20.